The van der Waals surface area contributed by atoms with Crippen LogP contribution in [0.1, 0.15) is 32.4 Å². The highest BCUT2D eigenvalue weighted by molar-refractivity contribution is 5.41. The van der Waals surface area contributed by atoms with Crippen LogP contribution in [-0.2, 0) is 0 Å². The Labute approximate surface area is 90.9 Å². The average molecular weight is 209 g/mol. The van der Waals surface area contributed by atoms with Gasteiger partial charge in [0.15, 0.2) is 0 Å². The molecule has 0 aliphatic carbocycles. The average Bonchev–Trinajstić information content (AvgIpc) is 2.16. The van der Waals surface area contributed by atoms with Crippen LogP contribution in [0.3, 0.4) is 0 Å². The van der Waals surface area contributed by atoms with E-state index in [0.717, 1.165) is 5.56 Å². The molecule has 0 radical (unpaired) electrons. The Balaban J connectivity index is 3.12. The standard InChI is InChI=1S/C12H19NO2/c1-12(2,3)11(13)9-7-8(15-4)5-6-10(9)14/h5-7,11,14H,13H2,1-4H3/t11-/m0/s1. The molecule has 0 aromatic heterocycles. The zero-order valence-corrected chi connectivity index (χ0v) is 9.74. The van der Waals surface area contributed by atoms with Crippen LogP contribution < -0.4 is 10.5 Å². The third kappa shape index (κ3) is 2.63. The van der Waals surface area contributed by atoms with Gasteiger partial charge in [-0.3, -0.25) is 0 Å². The number of benzene rings is 1. The molecule has 0 spiro atoms. The monoisotopic (exact) mass is 209 g/mol. The molecule has 0 fully saturated rings. The molecule has 1 aromatic carbocycles. The van der Waals surface area contributed by atoms with Gasteiger partial charge in [-0.1, -0.05) is 20.8 Å². The molecule has 0 saturated carbocycles. The highest BCUT2D eigenvalue weighted by Crippen LogP contribution is 2.36. The lowest BCUT2D eigenvalue weighted by Gasteiger charge is -2.28. The van der Waals surface area contributed by atoms with Crippen LogP contribution in [0.4, 0.5) is 0 Å². The molecule has 84 valence electrons. The number of methoxy groups -OCH3 is 1. The SMILES string of the molecule is COc1ccc(O)c([C@H](N)C(C)(C)C)c1. The number of hydrogen-bond donors (Lipinski definition) is 2. The molecule has 3 nitrogen and oxygen atoms in total. The fraction of sp³-hybridized carbons (Fsp3) is 0.500. The largest absolute Gasteiger partial charge is 0.508 e. The minimum Gasteiger partial charge on any atom is -0.508 e. The van der Waals surface area contributed by atoms with Gasteiger partial charge in [0.2, 0.25) is 0 Å². The highest BCUT2D eigenvalue weighted by Gasteiger charge is 2.24. The smallest absolute Gasteiger partial charge is 0.120 e. The molecule has 0 saturated heterocycles. The Hall–Kier alpha value is -1.22. The van der Waals surface area contributed by atoms with Crippen LogP contribution >= 0.6 is 0 Å². The zero-order chi connectivity index (χ0) is 11.6. The summed E-state index contributed by atoms with van der Waals surface area (Å²) < 4.78 is 5.11. The topological polar surface area (TPSA) is 55.5 Å². The van der Waals surface area contributed by atoms with Crippen LogP contribution in [0.5, 0.6) is 11.5 Å². The first kappa shape index (κ1) is 11.9. The summed E-state index contributed by atoms with van der Waals surface area (Å²) in [5, 5.41) is 9.73. The molecule has 1 rings (SSSR count). The lowest BCUT2D eigenvalue weighted by atomic mass is 9.82. The van der Waals surface area contributed by atoms with Gasteiger partial charge >= 0.3 is 0 Å². The Morgan fingerprint density at radius 3 is 2.40 bits per heavy atom. The van der Waals surface area contributed by atoms with E-state index >= 15 is 0 Å². The van der Waals surface area contributed by atoms with Crippen LogP contribution in [0, 0.1) is 5.41 Å². The van der Waals surface area contributed by atoms with Crippen molar-refractivity contribution in [3.63, 3.8) is 0 Å². The predicted octanol–water partition coefficient (Wildman–Crippen LogP) is 2.45. The second-order valence-electron chi connectivity index (χ2n) is 4.77. The molecule has 15 heavy (non-hydrogen) atoms. The van der Waals surface area contributed by atoms with Crippen molar-refractivity contribution in [2.45, 2.75) is 26.8 Å². The van der Waals surface area contributed by atoms with E-state index in [9.17, 15) is 5.11 Å². The fourth-order valence-corrected chi connectivity index (χ4v) is 1.38. The number of rotatable bonds is 2. The zero-order valence-electron chi connectivity index (χ0n) is 9.74. The Kier molecular flexibility index (Phi) is 3.25. The van der Waals surface area contributed by atoms with Crippen LogP contribution in [0.15, 0.2) is 18.2 Å². The van der Waals surface area contributed by atoms with Crippen molar-refractivity contribution in [3.8, 4) is 11.5 Å². The summed E-state index contributed by atoms with van der Waals surface area (Å²) in [5.41, 5.74) is 6.71. The summed E-state index contributed by atoms with van der Waals surface area (Å²) in [5.74, 6) is 0.931. The maximum absolute atomic E-state index is 9.73. The van der Waals surface area contributed by atoms with E-state index in [1.807, 2.05) is 20.8 Å². The van der Waals surface area contributed by atoms with Crippen LogP contribution in [0.2, 0.25) is 0 Å². The van der Waals surface area contributed by atoms with Crippen LogP contribution in [-0.4, -0.2) is 12.2 Å². The van der Waals surface area contributed by atoms with Gasteiger partial charge in [0, 0.05) is 11.6 Å². The van der Waals surface area contributed by atoms with Crippen LogP contribution in [0.25, 0.3) is 0 Å². The summed E-state index contributed by atoms with van der Waals surface area (Å²) >= 11 is 0. The van der Waals surface area contributed by atoms with E-state index in [1.165, 1.54) is 0 Å². The van der Waals surface area contributed by atoms with Gasteiger partial charge in [0.1, 0.15) is 11.5 Å². The molecule has 0 unspecified atom stereocenters. The molecule has 0 aliphatic rings. The second-order valence-corrected chi connectivity index (χ2v) is 4.77. The van der Waals surface area contributed by atoms with E-state index in [1.54, 1.807) is 25.3 Å². The summed E-state index contributed by atoms with van der Waals surface area (Å²) in [6.45, 7) is 6.11. The minimum absolute atomic E-state index is 0.0934. The van der Waals surface area contributed by atoms with Crippen molar-refractivity contribution in [2.75, 3.05) is 7.11 Å². The summed E-state index contributed by atoms with van der Waals surface area (Å²) in [6.07, 6.45) is 0. The lowest BCUT2D eigenvalue weighted by molar-refractivity contribution is 0.316. The lowest BCUT2D eigenvalue weighted by Crippen LogP contribution is -2.26. The second kappa shape index (κ2) is 4.11. The summed E-state index contributed by atoms with van der Waals surface area (Å²) in [6, 6.07) is 4.90. The molecule has 0 aliphatic heterocycles. The first-order chi connectivity index (χ1) is 6.86. The molecule has 1 atom stereocenters. The molecule has 0 heterocycles. The number of phenols is 1. The van der Waals surface area contributed by atoms with Crippen molar-refractivity contribution in [1.29, 1.82) is 0 Å². The molecular weight excluding hydrogens is 190 g/mol. The number of aromatic hydroxyl groups is 1. The van der Waals surface area contributed by atoms with E-state index in [2.05, 4.69) is 0 Å². The summed E-state index contributed by atoms with van der Waals surface area (Å²) in [4.78, 5) is 0. The molecule has 3 N–H and O–H groups in total. The Morgan fingerprint density at radius 2 is 1.93 bits per heavy atom. The van der Waals surface area contributed by atoms with Crippen molar-refractivity contribution in [1.82, 2.24) is 0 Å². The summed E-state index contributed by atoms with van der Waals surface area (Å²) in [7, 11) is 1.60. The quantitative estimate of drug-likeness (QED) is 0.786. The molecule has 0 amide bonds. The molecule has 3 heteroatoms. The van der Waals surface area contributed by atoms with E-state index in [0.29, 0.717) is 5.75 Å². The molecule has 1 aromatic rings. The normalized spacial score (nSPS) is 13.7. The fourth-order valence-electron chi connectivity index (χ4n) is 1.38. The van der Waals surface area contributed by atoms with E-state index in [-0.39, 0.29) is 17.2 Å². The predicted molar refractivity (Wildman–Crippen MR) is 61.0 cm³/mol. The number of hydrogen-bond acceptors (Lipinski definition) is 3. The van der Waals surface area contributed by atoms with Crippen molar-refractivity contribution >= 4 is 0 Å². The van der Waals surface area contributed by atoms with Crippen molar-refractivity contribution < 1.29 is 9.84 Å². The van der Waals surface area contributed by atoms with Gasteiger partial charge < -0.3 is 15.6 Å². The number of phenolic OH excluding ortho intramolecular Hbond substituents is 1. The van der Waals surface area contributed by atoms with Crippen molar-refractivity contribution in [2.24, 2.45) is 11.1 Å². The maximum atomic E-state index is 9.73. The van der Waals surface area contributed by atoms with Gasteiger partial charge in [-0.2, -0.15) is 0 Å². The Bertz CT molecular complexity index is 342. The van der Waals surface area contributed by atoms with Gasteiger partial charge in [-0.25, -0.2) is 0 Å². The number of ether oxygens (including phenoxy) is 1. The van der Waals surface area contributed by atoms with Crippen molar-refractivity contribution in [3.05, 3.63) is 23.8 Å². The maximum Gasteiger partial charge on any atom is 0.120 e. The van der Waals surface area contributed by atoms with Gasteiger partial charge in [0.25, 0.3) is 0 Å². The first-order valence-corrected chi connectivity index (χ1v) is 4.98. The van der Waals surface area contributed by atoms with Gasteiger partial charge in [-0.05, 0) is 23.6 Å². The van der Waals surface area contributed by atoms with E-state index < -0.39 is 0 Å². The third-order valence-corrected chi connectivity index (χ3v) is 2.50. The third-order valence-electron chi connectivity index (χ3n) is 2.50. The van der Waals surface area contributed by atoms with E-state index in [4.69, 9.17) is 10.5 Å². The van der Waals surface area contributed by atoms with Gasteiger partial charge in [-0.15, -0.1) is 0 Å². The van der Waals surface area contributed by atoms with Gasteiger partial charge in [0.05, 0.1) is 7.11 Å². The molecule has 0 bridgehead atoms. The Morgan fingerprint density at radius 1 is 1.33 bits per heavy atom. The molecular formula is C12H19NO2. The number of nitrogens with two attached hydrogens (primary N) is 1. The highest BCUT2D eigenvalue weighted by atomic mass is 16.5. The first-order valence-electron chi connectivity index (χ1n) is 4.98. The minimum atomic E-state index is -0.215.